The Balaban J connectivity index is 3.76. The molecule has 1 amide bonds. The summed E-state index contributed by atoms with van der Waals surface area (Å²) in [5, 5.41) is 2.88. The smallest absolute Gasteiger partial charge is 0.219 e. The number of carbonyl (C=O) groups excluding carboxylic acids is 1. The molecule has 0 rings (SSSR count). The zero-order valence-corrected chi connectivity index (χ0v) is 12.4. The van der Waals surface area contributed by atoms with Crippen molar-refractivity contribution in [1.29, 1.82) is 0 Å². The summed E-state index contributed by atoms with van der Waals surface area (Å²) in [6.07, 6.45) is 2.45. The molecule has 0 atom stereocenters. The summed E-state index contributed by atoms with van der Waals surface area (Å²) in [6, 6.07) is 0. The van der Waals surface area contributed by atoms with E-state index >= 15 is 0 Å². The second kappa shape index (κ2) is 7.00. The first kappa shape index (κ1) is 16.4. The van der Waals surface area contributed by atoms with E-state index in [0.29, 0.717) is 18.4 Å². The number of nitrogens with one attached hydrogen (secondary N) is 1. The number of amides is 1. The third-order valence-electron chi connectivity index (χ3n) is 2.72. The molecule has 0 aromatic rings. The second-order valence-corrected chi connectivity index (χ2v) is 6.37. The van der Waals surface area contributed by atoms with Gasteiger partial charge in [-0.3, -0.25) is 4.79 Å². The number of hydrogen-bond acceptors (Lipinski definition) is 2. The summed E-state index contributed by atoms with van der Waals surface area (Å²) >= 11 is 0. The first-order valence-electron chi connectivity index (χ1n) is 6.57. The van der Waals surface area contributed by atoms with E-state index in [2.05, 4.69) is 39.9 Å². The highest BCUT2D eigenvalue weighted by Crippen LogP contribution is 2.21. The zero-order valence-electron chi connectivity index (χ0n) is 12.4. The summed E-state index contributed by atoms with van der Waals surface area (Å²) in [6.45, 7) is 14.1. The molecule has 0 aliphatic carbocycles. The highest BCUT2D eigenvalue weighted by atomic mass is 16.5. The summed E-state index contributed by atoms with van der Waals surface area (Å²) < 4.78 is 5.87. The lowest BCUT2D eigenvalue weighted by Gasteiger charge is -2.27. The van der Waals surface area contributed by atoms with Gasteiger partial charge in [-0.1, -0.05) is 27.7 Å². The maximum Gasteiger partial charge on any atom is 0.219 e. The molecule has 0 saturated carbocycles. The van der Waals surface area contributed by atoms with Crippen molar-refractivity contribution < 1.29 is 9.53 Å². The predicted octanol–water partition coefficient (Wildman–Crippen LogP) is 3.13. The van der Waals surface area contributed by atoms with Crippen LogP contribution in [0.4, 0.5) is 0 Å². The fourth-order valence-electron chi connectivity index (χ4n) is 1.33. The summed E-state index contributed by atoms with van der Waals surface area (Å²) in [7, 11) is 0. The average Bonchev–Trinajstić information content (AvgIpc) is 2.14. The molecule has 0 radical (unpaired) electrons. The van der Waals surface area contributed by atoms with Crippen molar-refractivity contribution in [2.45, 2.75) is 66.4 Å². The van der Waals surface area contributed by atoms with Crippen LogP contribution in [0.1, 0.15) is 60.8 Å². The lowest BCUT2D eigenvalue weighted by molar-refractivity contribution is -0.121. The Labute approximate surface area is 106 Å². The lowest BCUT2D eigenvalue weighted by atomic mass is 9.93. The van der Waals surface area contributed by atoms with Gasteiger partial charge in [0.2, 0.25) is 5.91 Å². The standard InChI is InChI=1S/C14H29NO2/c1-7-12(16)15-10-8-14(5,6)17-11-9-13(2,3)4/h7-11H2,1-6H3,(H,15,16). The molecule has 0 spiro atoms. The molecule has 102 valence electrons. The Bertz CT molecular complexity index is 229. The predicted molar refractivity (Wildman–Crippen MR) is 72.0 cm³/mol. The molecule has 0 heterocycles. The van der Waals surface area contributed by atoms with E-state index in [1.54, 1.807) is 0 Å². The van der Waals surface area contributed by atoms with E-state index in [4.69, 9.17) is 4.74 Å². The van der Waals surface area contributed by atoms with Crippen molar-refractivity contribution in [3.05, 3.63) is 0 Å². The topological polar surface area (TPSA) is 38.3 Å². The number of rotatable bonds is 7. The average molecular weight is 243 g/mol. The highest BCUT2D eigenvalue weighted by Gasteiger charge is 2.19. The monoisotopic (exact) mass is 243 g/mol. The number of carbonyl (C=O) groups is 1. The van der Waals surface area contributed by atoms with Crippen molar-refractivity contribution in [2.24, 2.45) is 5.41 Å². The van der Waals surface area contributed by atoms with Gasteiger partial charge in [0.05, 0.1) is 5.60 Å². The number of ether oxygens (including phenoxy) is 1. The molecule has 1 N–H and O–H groups in total. The Morgan fingerprint density at radius 3 is 2.18 bits per heavy atom. The normalized spacial score (nSPS) is 12.6. The maximum absolute atomic E-state index is 11.1. The van der Waals surface area contributed by atoms with E-state index in [-0.39, 0.29) is 11.5 Å². The van der Waals surface area contributed by atoms with Crippen molar-refractivity contribution in [2.75, 3.05) is 13.2 Å². The van der Waals surface area contributed by atoms with Gasteiger partial charge in [0.1, 0.15) is 0 Å². The Morgan fingerprint density at radius 2 is 1.71 bits per heavy atom. The van der Waals surface area contributed by atoms with E-state index in [1.807, 2.05) is 6.92 Å². The molecular formula is C14H29NO2. The van der Waals surface area contributed by atoms with Crippen molar-refractivity contribution in [3.8, 4) is 0 Å². The van der Waals surface area contributed by atoms with Crippen LogP contribution in [0.2, 0.25) is 0 Å². The van der Waals surface area contributed by atoms with E-state index < -0.39 is 0 Å². The zero-order chi connectivity index (χ0) is 13.5. The van der Waals surface area contributed by atoms with Crippen LogP contribution in [-0.4, -0.2) is 24.7 Å². The lowest BCUT2D eigenvalue weighted by Crippen LogP contribution is -2.33. The van der Waals surface area contributed by atoms with E-state index in [1.165, 1.54) is 0 Å². The van der Waals surface area contributed by atoms with E-state index in [9.17, 15) is 4.79 Å². The van der Waals surface area contributed by atoms with Crippen LogP contribution < -0.4 is 5.32 Å². The largest absolute Gasteiger partial charge is 0.375 e. The fraction of sp³-hybridized carbons (Fsp3) is 0.929. The van der Waals surface area contributed by atoms with Crippen LogP contribution in [0.25, 0.3) is 0 Å². The van der Waals surface area contributed by atoms with Crippen LogP contribution in [0, 0.1) is 5.41 Å². The van der Waals surface area contributed by atoms with Crippen LogP contribution in [-0.2, 0) is 9.53 Å². The minimum absolute atomic E-state index is 0.107. The molecule has 3 heteroatoms. The van der Waals surface area contributed by atoms with Crippen molar-refractivity contribution >= 4 is 5.91 Å². The van der Waals surface area contributed by atoms with Crippen LogP contribution in [0.5, 0.6) is 0 Å². The van der Waals surface area contributed by atoms with Gasteiger partial charge in [-0.2, -0.15) is 0 Å². The molecule has 0 aliphatic heterocycles. The minimum atomic E-state index is -0.160. The molecule has 0 aliphatic rings. The van der Waals surface area contributed by atoms with Gasteiger partial charge in [-0.25, -0.2) is 0 Å². The van der Waals surface area contributed by atoms with Gasteiger partial charge >= 0.3 is 0 Å². The second-order valence-electron chi connectivity index (χ2n) is 6.37. The summed E-state index contributed by atoms with van der Waals surface area (Å²) in [5.41, 5.74) is 0.152. The fourth-order valence-corrected chi connectivity index (χ4v) is 1.33. The minimum Gasteiger partial charge on any atom is -0.375 e. The number of hydrogen-bond donors (Lipinski definition) is 1. The molecule has 0 saturated heterocycles. The Hall–Kier alpha value is -0.570. The maximum atomic E-state index is 11.1. The van der Waals surface area contributed by atoms with Crippen molar-refractivity contribution in [1.82, 2.24) is 5.32 Å². The Morgan fingerprint density at radius 1 is 1.12 bits per heavy atom. The molecule has 17 heavy (non-hydrogen) atoms. The highest BCUT2D eigenvalue weighted by molar-refractivity contribution is 5.75. The molecule has 0 aromatic carbocycles. The van der Waals surface area contributed by atoms with Gasteiger partial charge in [-0.15, -0.1) is 0 Å². The van der Waals surface area contributed by atoms with Gasteiger partial charge in [0.15, 0.2) is 0 Å². The molecule has 0 aromatic heterocycles. The SMILES string of the molecule is CCC(=O)NCCC(C)(C)OCCC(C)(C)C. The summed E-state index contributed by atoms with van der Waals surface area (Å²) in [5.74, 6) is 0.107. The van der Waals surface area contributed by atoms with Crippen LogP contribution in [0.15, 0.2) is 0 Å². The summed E-state index contributed by atoms with van der Waals surface area (Å²) in [4.78, 5) is 11.1. The third kappa shape index (κ3) is 10.3. The molecule has 0 bridgehead atoms. The molecule has 0 fully saturated rings. The third-order valence-corrected chi connectivity index (χ3v) is 2.72. The first-order chi connectivity index (χ1) is 7.66. The quantitative estimate of drug-likeness (QED) is 0.746. The van der Waals surface area contributed by atoms with Gasteiger partial charge < -0.3 is 10.1 Å². The van der Waals surface area contributed by atoms with Gasteiger partial charge in [-0.05, 0) is 32.1 Å². The van der Waals surface area contributed by atoms with E-state index in [0.717, 1.165) is 19.4 Å². The van der Waals surface area contributed by atoms with Crippen molar-refractivity contribution in [3.63, 3.8) is 0 Å². The van der Waals surface area contributed by atoms with Crippen LogP contribution >= 0.6 is 0 Å². The molecular weight excluding hydrogens is 214 g/mol. The van der Waals surface area contributed by atoms with Crippen LogP contribution in [0.3, 0.4) is 0 Å². The molecule has 3 nitrogen and oxygen atoms in total. The molecule has 0 unspecified atom stereocenters. The Kier molecular flexibility index (Phi) is 6.76. The first-order valence-corrected chi connectivity index (χ1v) is 6.57. The van der Waals surface area contributed by atoms with Gasteiger partial charge in [0, 0.05) is 19.6 Å². The van der Waals surface area contributed by atoms with Gasteiger partial charge in [0.25, 0.3) is 0 Å².